The van der Waals surface area contributed by atoms with Gasteiger partial charge in [0.25, 0.3) is 0 Å². The fourth-order valence-corrected chi connectivity index (χ4v) is 2.97. The van der Waals surface area contributed by atoms with Gasteiger partial charge in [0, 0.05) is 5.92 Å². The second-order valence-corrected chi connectivity index (χ2v) is 6.08. The lowest BCUT2D eigenvalue weighted by atomic mass is 9.88. The molecular weight excluding hydrogens is 287 g/mol. The first-order chi connectivity index (χ1) is 11.2. The van der Waals surface area contributed by atoms with Gasteiger partial charge in [-0.05, 0) is 48.1 Å². The first-order valence-corrected chi connectivity index (χ1v) is 8.52. The summed E-state index contributed by atoms with van der Waals surface area (Å²) in [6.07, 6.45) is 7.54. The highest BCUT2D eigenvalue weighted by atomic mass is 19.1. The molecule has 0 saturated heterocycles. The van der Waals surface area contributed by atoms with E-state index in [1.807, 2.05) is 12.1 Å². The molecule has 2 aromatic carbocycles. The number of hydrogen-bond donors (Lipinski definition) is 0. The van der Waals surface area contributed by atoms with Crippen molar-refractivity contribution < 1.29 is 9.18 Å². The zero-order chi connectivity index (χ0) is 16.5. The topological polar surface area (TPSA) is 17.1 Å². The molecule has 0 N–H and O–H groups in total. The lowest BCUT2D eigenvalue weighted by Gasteiger charge is -2.16. The minimum atomic E-state index is -0.243. The quantitative estimate of drug-likeness (QED) is 0.443. The third-order valence-corrected chi connectivity index (χ3v) is 4.29. The van der Waals surface area contributed by atoms with Crippen LogP contribution in [0, 0.1) is 5.82 Å². The van der Waals surface area contributed by atoms with Gasteiger partial charge in [-0.1, -0.05) is 62.6 Å². The fraction of sp³-hybridized carbons (Fsp3) is 0.381. The van der Waals surface area contributed by atoms with Crippen LogP contribution in [0.2, 0.25) is 0 Å². The molecule has 0 aliphatic rings. The molecule has 0 bridgehead atoms. The van der Waals surface area contributed by atoms with Gasteiger partial charge in [0.05, 0.1) is 0 Å². The van der Waals surface area contributed by atoms with Gasteiger partial charge in [-0.3, -0.25) is 0 Å². The number of carbonyl (C=O) groups is 1. The summed E-state index contributed by atoms with van der Waals surface area (Å²) >= 11 is 0. The molecule has 1 unspecified atom stereocenters. The normalized spacial score (nSPS) is 12.1. The smallest absolute Gasteiger partial charge is 0.127 e. The van der Waals surface area contributed by atoms with Gasteiger partial charge in [-0.15, -0.1) is 0 Å². The number of unbranched alkanes of at least 4 members (excludes halogenated alkanes) is 3. The molecule has 23 heavy (non-hydrogen) atoms. The van der Waals surface area contributed by atoms with Crippen molar-refractivity contribution in [3.8, 4) is 0 Å². The largest absolute Gasteiger partial charge is 0.303 e. The van der Waals surface area contributed by atoms with Crippen molar-refractivity contribution in [1.82, 2.24) is 0 Å². The van der Waals surface area contributed by atoms with Crippen LogP contribution in [0.4, 0.5) is 4.39 Å². The SMILES string of the molecule is CCCCCCc1ccccc1C(C=O)Cc1ccc(F)cc1. The molecule has 122 valence electrons. The van der Waals surface area contributed by atoms with E-state index in [1.165, 1.54) is 37.0 Å². The van der Waals surface area contributed by atoms with Crippen LogP contribution in [0.25, 0.3) is 0 Å². The van der Waals surface area contributed by atoms with E-state index in [-0.39, 0.29) is 11.7 Å². The van der Waals surface area contributed by atoms with E-state index in [4.69, 9.17) is 0 Å². The maximum absolute atomic E-state index is 13.0. The van der Waals surface area contributed by atoms with Crippen molar-refractivity contribution in [2.45, 2.75) is 51.4 Å². The highest BCUT2D eigenvalue weighted by Gasteiger charge is 2.15. The van der Waals surface area contributed by atoms with Crippen LogP contribution in [0.5, 0.6) is 0 Å². The molecule has 0 heterocycles. The minimum absolute atomic E-state index is 0.164. The van der Waals surface area contributed by atoms with Gasteiger partial charge >= 0.3 is 0 Å². The summed E-state index contributed by atoms with van der Waals surface area (Å²) in [6, 6.07) is 14.6. The molecule has 0 fully saturated rings. The molecule has 0 saturated carbocycles. The van der Waals surface area contributed by atoms with Crippen LogP contribution >= 0.6 is 0 Å². The number of aldehydes is 1. The number of carbonyl (C=O) groups excluding carboxylic acids is 1. The van der Waals surface area contributed by atoms with Gasteiger partial charge in [-0.25, -0.2) is 4.39 Å². The Kier molecular flexibility index (Phi) is 6.99. The maximum Gasteiger partial charge on any atom is 0.127 e. The molecular formula is C21H25FO. The first-order valence-electron chi connectivity index (χ1n) is 8.52. The van der Waals surface area contributed by atoms with Gasteiger partial charge < -0.3 is 4.79 Å². The summed E-state index contributed by atoms with van der Waals surface area (Å²) in [5.74, 6) is -0.407. The standard InChI is InChI=1S/C21H25FO/c1-2-3-4-5-8-18-9-6-7-10-21(18)19(16-23)15-17-11-13-20(22)14-12-17/h6-7,9-14,16,19H,2-5,8,15H2,1H3. The van der Waals surface area contributed by atoms with Crippen molar-refractivity contribution in [3.05, 3.63) is 71.0 Å². The molecule has 0 aliphatic heterocycles. The average molecular weight is 312 g/mol. The summed E-state index contributed by atoms with van der Waals surface area (Å²) in [5, 5.41) is 0. The van der Waals surface area contributed by atoms with E-state index >= 15 is 0 Å². The molecule has 0 aliphatic carbocycles. The molecule has 2 heteroatoms. The van der Waals surface area contributed by atoms with Crippen LogP contribution in [0.3, 0.4) is 0 Å². The van der Waals surface area contributed by atoms with Gasteiger partial charge in [0.1, 0.15) is 12.1 Å². The molecule has 2 rings (SSSR count). The highest BCUT2D eigenvalue weighted by molar-refractivity contribution is 5.64. The minimum Gasteiger partial charge on any atom is -0.303 e. The Balaban J connectivity index is 2.10. The second kappa shape index (κ2) is 9.24. The molecule has 1 nitrogen and oxygen atoms in total. The van der Waals surface area contributed by atoms with Crippen LogP contribution in [0.1, 0.15) is 55.2 Å². The van der Waals surface area contributed by atoms with Crippen molar-refractivity contribution in [2.75, 3.05) is 0 Å². The molecule has 0 spiro atoms. The Morgan fingerprint density at radius 2 is 1.74 bits per heavy atom. The summed E-state index contributed by atoms with van der Waals surface area (Å²) in [5.41, 5.74) is 3.37. The van der Waals surface area contributed by atoms with E-state index in [9.17, 15) is 9.18 Å². The third-order valence-electron chi connectivity index (χ3n) is 4.29. The second-order valence-electron chi connectivity index (χ2n) is 6.08. The van der Waals surface area contributed by atoms with Crippen molar-refractivity contribution in [2.24, 2.45) is 0 Å². The Morgan fingerprint density at radius 3 is 2.43 bits per heavy atom. The Morgan fingerprint density at radius 1 is 1.00 bits per heavy atom. The molecule has 0 amide bonds. The van der Waals surface area contributed by atoms with E-state index in [2.05, 4.69) is 19.1 Å². The highest BCUT2D eigenvalue weighted by Crippen LogP contribution is 2.24. The zero-order valence-electron chi connectivity index (χ0n) is 13.8. The molecule has 2 aromatic rings. The average Bonchev–Trinajstić information content (AvgIpc) is 2.59. The van der Waals surface area contributed by atoms with Crippen molar-refractivity contribution >= 4 is 6.29 Å². The Labute approximate surface area is 138 Å². The van der Waals surface area contributed by atoms with Crippen LogP contribution in [-0.2, 0) is 17.6 Å². The molecule has 1 atom stereocenters. The van der Waals surface area contributed by atoms with Gasteiger partial charge in [0.15, 0.2) is 0 Å². The monoisotopic (exact) mass is 312 g/mol. The Bertz CT molecular complexity index is 603. The lowest BCUT2D eigenvalue weighted by molar-refractivity contribution is -0.109. The molecule has 0 radical (unpaired) electrons. The number of aryl methyl sites for hydroxylation is 1. The van der Waals surface area contributed by atoms with E-state index in [0.717, 1.165) is 30.3 Å². The predicted octanol–water partition coefficient (Wildman–Crippen LogP) is 5.47. The zero-order valence-corrected chi connectivity index (χ0v) is 13.8. The van der Waals surface area contributed by atoms with E-state index in [0.29, 0.717) is 6.42 Å². The van der Waals surface area contributed by atoms with Gasteiger partial charge in [0.2, 0.25) is 0 Å². The first kappa shape index (κ1) is 17.4. The predicted molar refractivity (Wildman–Crippen MR) is 93.2 cm³/mol. The Hall–Kier alpha value is -1.96. The van der Waals surface area contributed by atoms with Crippen LogP contribution in [0.15, 0.2) is 48.5 Å². The number of benzene rings is 2. The summed E-state index contributed by atoms with van der Waals surface area (Å²) < 4.78 is 13.0. The number of hydrogen-bond acceptors (Lipinski definition) is 1. The molecule has 0 aromatic heterocycles. The lowest BCUT2D eigenvalue weighted by Crippen LogP contribution is -2.08. The van der Waals surface area contributed by atoms with E-state index < -0.39 is 0 Å². The van der Waals surface area contributed by atoms with Gasteiger partial charge in [-0.2, -0.15) is 0 Å². The summed E-state index contributed by atoms with van der Waals surface area (Å²) in [4.78, 5) is 11.6. The number of halogens is 1. The van der Waals surface area contributed by atoms with Crippen LogP contribution in [-0.4, -0.2) is 6.29 Å². The summed E-state index contributed by atoms with van der Waals surface area (Å²) in [7, 11) is 0. The summed E-state index contributed by atoms with van der Waals surface area (Å²) in [6.45, 7) is 2.21. The maximum atomic E-state index is 13.0. The van der Waals surface area contributed by atoms with E-state index in [1.54, 1.807) is 12.1 Å². The fourth-order valence-electron chi connectivity index (χ4n) is 2.97. The third kappa shape index (κ3) is 5.31. The number of rotatable bonds is 9. The van der Waals surface area contributed by atoms with Crippen molar-refractivity contribution in [1.29, 1.82) is 0 Å². The van der Waals surface area contributed by atoms with Crippen molar-refractivity contribution in [3.63, 3.8) is 0 Å². The van der Waals surface area contributed by atoms with Crippen LogP contribution < -0.4 is 0 Å².